The van der Waals surface area contributed by atoms with Crippen molar-refractivity contribution in [3.05, 3.63) is 71.8 Å². The standard InChI is InChI=1S/C16H18O2/c1-13(17)16(15-10-6-3-7-11-15)18-12-14-8-4-2-5-9-14/h2-11,13,16-17H,12H2,1H3/t13-,16+/m0/s1. The molecule has 18 heavy (non-hydrogen) atoms. The van der Waals surface area contributed by atoms with Gasteiger partial charge in [-0.15, -0.1) is 0 Å². The lowest BCUT2D eigenvalue weighted by atomic mass is 10.1. The first-order valence-corrected chi connectivity index (χ1v) is 6.16. The van der Waals surface area contributed by atoms with Crippen molar-refractivity contribution in [1.29, 1.82) is 0 Å². The van der Waals surface area contributed by atoms with Gasteiger partial charge in [-0.1, -0.05) is 60.7 Å². The van der Waals surface area contributed by atoms with Crippen LogP contribution >= 0.6 is 0 Å². The first-order chi connectivity index (χ1) is 8.77. The van der Waals surface area contributed by atoms with Crippen LogP contribution in [-0.2, 0) is 11.3 Å². The van der Waals surface area contributed by atoms with E-state index in [1.165, 1.54) is 0 Å². The summed E-state index contributed by atoms with van der Waals surface area (Å²) in [6.07, 6.45) is -0.817. The Morgan fingerprint density at radius 1 is 0.944 bits per heavy atom. The van der Waals surface area contributed by atoms with Crippen LogP contribution in [0.2, 0.25) is 0 Å². The highest BCUT2D eigenvalue weighted by atomic mass is 16.5. The fraction of sp³-hybridized carbons (Fsp3) is 0.250. The largest absolute Gasteiger partial charge is 0.390 e. The summed E-state index contributed by atoms with van der Waals surface area (Å²) in [4.78, 5) is 0. The lowest BCUT2D eigenvalue weighted by Gasteiger charge is -2.21. The first kappa shape index (κ1) is 12.8. The average Bonchev–Trinajstić information content (AvgIpc) is 2.41. The molecule has 0 radical (unpaired) electrons. The number of aliphatic hydroxyl groups excluding tert-OH is 1. The molecule has 2 heteroatoms. The predicted molar refractivity (Wildman–Crippen MR) is 72.1 cm³/mol. The zero-order valence-corrected chi connectivity index (χ0v) is 10.5. The van der Waals surface area contributed by atoms with Crippen LogP contribution in [0.4, 0.5) is 0 Å². The average molecular weight is 242 g/mol. The molecule has 0 fully saturated rings. The van der Waals surface area contributed by atoms with Gasteiger partial charge < -0.3 is 9.84 Å². The van der Waals surface area contributed by atoms with Crippen molar-refractivity contribution in [2.45, 2.75) is 25.7 Å². The van der Waals surface area contributed by atoms with Crippen molar-refractivity contribution >= 4 is 0 Å². The van der Waals surface area contributed by atoms with E-state index in [9.17, 15) is 5.11 Å². The molecule has 94 valence electrons. The van der Waals surface area contributed by atoms with Gasteiger partial charge in [0.25, 0.3) is 0 Å². The van der Waals surface area contributed by atoms with E-state index in [0.29, 0.717) is 6.61 Å². The second kappa shape index (κ2) is 6.34. The molecule has 0 bridgehead atoms. The summed E-state index contributed by atoms with van der Waals surface area (Å²) >= 11 is 0. The number of hydrogen-bond acceptors (Lipinski definition) is 2. The zero-order valence-electron chi connectivity index (χ0n) is 10.5. The quantitative estimate of drug-likeness (QED) is 0.871. The fourth-order valence-electron chi connectivity index (χ4n) is 1.92. The second-order valence-electron chi connectivity index (χ2n) is 4.37. The molecule has 1 N–H and O–H groups in total. The lowest BCUT2D eigenvalue weighted by Crippen LogP contribution is -2.17. The zero-order chi connectivity index (χ0) is 12.8. The summed E-state index contributed by atoms with van der Waals surface area (Å²) in [7, 11) is 0. The highest BCUT2D eigenvalue weighted by molar-refractivity contribution is 5.19. The van der Waals surface area contributed by atoms with Gasteiger partial charge in [0, 0.05) is 0 Å². The van der Waals surface area contributed by atoms with Crippen LogP contribution < -0.4 is 0 Å². The smallest absolute Gasteiger partial charge is 0.108 e. The summed E-state index contributed by atoms with van der Waals surface area (Å²) in [5.74, 6) is 0. The van der Waals surface area contributed by atoms with Gasteiger partial charge in [0.15, 0.2) is 0 Å². The molecule has 0 spiro atoms. The molecule has 0 aliphatic heterocycles. The van der Waals surface area contributed by atoms with Gasteiger partial charge in [0.1, 0.15) is 6.10 Å². The first-order valence-electron chi connectivity index (χ1n) is 6.16. The van der Waals surface area contributed by atoms with Gasteiger partial charge in [-0.2, -0.15) is 0 Å². The molecule has 0 saturated carbocycles. The summed E-state index contributed by atoms with van der Waals surface area (Å²) in [6, 6.07) is 19.8. The second-order valence-corrected chi connectivity index (χ2v) is 4.37. The Bertz CT molecular complexity index is 451. The lowest BCUT2D eigenvalue weighted by molar-refractivity contribution is -0.0401. The van der Waals surface area contributed by atoms with Gasteiger partial charge in [0.05, 0.1) is 12.7 Å². The van der Waals surface area contributed by atoms with Crippen LogP contribution in [0, 0.1) is 0 Å². The van der Waals surface area contributed by atoms with Crippen molar-refractivity contribution in [1.82, 2.24) is 0 Å². The Hall–Kier alpha value is -1.64. The highest BCUT2D eigenvalue weighted by Crippen LogP contribution is 2.22. The van der Waals surface area contributed by atoms with Crippen LogP contribution in [0.25, 0.3) is 0 Å². The molecule has 0 amide bonds. The molecular formula is C16H18O2. The maximum absolute atomic E-state index is 9.82. The van der Waals surface area contributed by atoms with Gasteiger partial charge in [-0.3, -0.25) is 0 Å². The van der Waals surface area contributed by atoms with E-state index in [0.717, 1.165) is 11.1 Å². The van der Waals surface area contributed by atoms with Crippen LogP contribution in [0.5, 0.6) is 0 Å². The molecule has 2 aromatic rings. The molecule has 0 aromatic heterocycles. The Labute approximate surface area is 108 Å². The maximum atomic E-state index is 9.82. The minimum Gasteiger partial charge on any atom is -0.390 e. The van der Waals surface area contributed by atoms with Gasteiger partial charge >= 0.3 is 0 Å². The Kier molecular flexibility index (Phi) is 4.51. The molecule has 0 aliphatic rings. The van der Waals surface area contributed by atoms with Crippen LogP contribution in [-0.4, -0.2) is 11.2 Å². The highest BCUT2D eigenvalue weighted by Gasteiger charge is 2.17. The number of benzene rings is 2. The van der Waals surface area contributed by atoms with E-state index >= 15 is 0 Å². The fourth-order valence-corrected chi connectivity index (χ4v) is 1.92. The Balaban J connectivity index is 2.04. The SMILES string of the molecule is C[C@H](O)[C@@H](OCc1ccccc1)c1ccccc1. The van der Waals surface area contributed by atoms with Crippen molar-refractivity contribution in [2.24, 2.45) is 0 Å². The monoisotopic (exact) mass is 242 g/mol. The normalized spacial score (nSPS) is 14.1. The summed E-state index contributed by atoms with van der Waals surface area (Å²) in [5, 5.41) is 9.82. The van der Waals surface area contributed by atoms with E-state index in [2.05, 4.69) is 0 Å². The number of hydrogen-bond donors (Lipinski definition) is 1. The molecule has 2 atom stereocenters. The molecular weight excluding hydrogens is 224 g/mol. The van der Waals surface area contributed by atoms with Crippen molar-refractivity contribution < 1.29 is 9.84 Å². The van der Waals surface area contributed by atoms with E-state index in [4.69, 9.17) is 4.74 Å². The van der Waals surface area contributed by atoms with Crippen LogP contribution in [0.1, 0.15) is 24.2 Å². The van der Waals surface area contributed by atoms with Crippen molar-refractivity contribution in [3.63, 3.8) is 0 Å². The van der Waals surface area contributed by atoms with Crippen LogP contribution in [0.3, 0.4) is 0 Å². The summed E-state index contributed by atoms with van der Waals surface area (Å²) in [5.41, 5.74) is 2.11. The summed E-state index contributed by atoms with van der Waals surface area (Å²) < 4.78 is 5.83. The third-order valence-corrected chi connectivity index (χ3v) is 2.84. The predicted octanol–water partition coefficient (Wildman–Crippen LogP) is 3.33. The van der Waals surface area contributed by atoms with E-state index in [1.807, 2.05) is 60.7 Å². The third-order valence-electron chi connectivity index (χ3n) is 2.84. The van der Waals surface area contributed by atoms with Crippen molar-refractivity contribution in [3.8, 4) is 0 Å². The van der Waals surface area contributed by atoms with Gasteiger partial charge in [-0.25, -0.2) is 0 Å². The topological polar surface area (TPSA) is 29.5 Å². The molecule has 0 saturated heterocycles. The Morgan fingerprint density at radius 3 is 2.06 bits per heavy atom. The molecule has 0 aliphatic carbocycles. The number of rotatable bonds is 5. The maximum Gasteiger partial charge on any atom is 0.108 e. The Morgan fingerprint density at radius 2 is 1.50 bits per heavy atom. The van der Waals surface area contributed by atoms with Gasteiger partial charge in [-0.05, 0) is 18.1 Å². The molecule has 2 rings (SSSR count). The van der Waals surface area contributed by atoms with E-state index < -0.39 is 6.10 Å². The molecule has 2 nitrogen and oxygen atoms in total. The third kappa shape index (κ3) is 3.42. The minimum absolute atomic E-state index is 0.286. The van der Waals surface area contributed by atoms with E-state index in [-0.39, 0.29) is 6.10 Å². The molecule has 2 aromatic carbocycles. The summed E-state index contributed by atoms with van der Waals surface area (Å²) in [6.45, 7) is 2.26. The van der Waals surface area contributed by atoms with E-state index in [1.54, 1.807) is 6.92 Å². The van der Waals surface area contributed by atoms with Crippen molar-refractivity contribution in [2.75, 3.05) is 0 Å². The van der Waals surface area contributed by atoms with Crippen LogP contribution in [0.15, 0.2) is 60.7 Å². The number of ether oxygens (including phenoxy) is 1. The minimum atomic E-state index is -0.531. The van der Waals surface area contributed by atoms with Gasteiger partial charge in [0.2, 0.25) is 0 Å². The number of aliphatic hydroxyl groups is 1. The molecule has 0 heterocycles. The molecule has 0 unspecified atom stereocenters.